The van der Waals surface area contributed by atoms with Gasteiger partial charge in [0.25, 0.3) is 0 Å². The SMILES string of the molecule is CC(Cc1ccccn1)(C(=O)NCCc1ccccc1)N(C(=O)O)C1C2CC3CC(C2)CC1C3. The quantitative estimate of drug-likeness (QED) is 0.604. The lowest BCUT2D eigenvalue weighted by Gasteiger charge is -2.59. The van der Waals surface area contributed by atoms with Gasteiger partial charge < -0.3 is 10.4 Å². The first-order valence-corrected chi connectivity index (χ1v) is 12.7. The molecule has 1 atom stereocenters. The monoisotopic (exact) mass is 461 g/mol. The number of hydrogen-bond donors (Lipinski definition) is 2. The average molecular weight is 462 g/mol. The highest BCUT2D eigenvalue weighted by Gasteiger charge is 2.56. The van der Waals surface area contributed by atoms with Gasteiger partial charge in [-0.2, -0.15) is 0 Å². The number of rotatable bonds is 8. The fraction of sp³-hybridized carbons (Fsp3) is 0.536. The van der Waals surface area contributed by atoms with Crippen LogP contribution in [0, 0.1) is 23.7 Å². The Morgan fingerprint density at radius 1 is 1.00 bits per heavy atom. The van der Waals surface area contributed by atoms with E-state index in [1.54, 1.807) is 18.0 Å². The van der Waals surface area contributed by atoms with Crippen molar-refractivity contribution >= 4 is 12.0 Å². The number of nitrogens with one attached hydrogen (secondary N) is 1. The summed E-state index contributed by atoms with van der Waals surface area (Å²) in [5, 5.41) is 13.6. The number of carbonyl (C=O) groups is 2. The van der Waals surface area contributed by atoms with Gasteiger partial charge in [-0.25, -0.2) is 4.79 Å². The molecule has 2 N–H and O–H groups in total. The lowest BCUT2D eigenvalue weighted by molar-refractivity contribution is -0.140. The fourth-order valence-corrected chi connectivity index (χ4v) is 7.27. The van der Waals surface area contributed by atoms with Gasteiger partial charge in [-0.05, 0) is 86.8 Å². The van der Waals surface area contributed by atoms with Gasteiger partial charge in [0.1, 0.15) is 5.54 Å². The van der Waals surface area contributed by atoms with Gasteiger partial charge in [-0.1, -0.05) is 36.4 Å². The van der Waals surface area contributed by atoms with Gasteiger partial charge in [0.05, 0.1) is 0 Å². The first-order valence-electron chi connectivity index (χ1n) is 12.7. The molecule has 2 aromatic rings. The number of benzene rings is 1. The molecule has 1 aromatic heterocycles. The number of nitrogens with zero attached hydrogens (tertiary/aromatic N) is 2. The Morgan fingerprint density at radius 3 is 2.24 bits per heavy atom. The molecule has 6 rings (SSSR count). The van der Waals surface area contributed by atoms with Gasteiger partial charge in [-0.15, -0.1) is 0 Å². The molecule has 4 bridgehead atoms. The lowest BCUT2D eigenvalue weighted by Crippen LogP contribution is -2.68. The van der Waals surface area contributed by atoms with Crippen molar-refractivity contribution in [2.75, 3.05) is 6.54 Å². The highest BCUT2D eigenvalue weighted by Crippen LogP contribution is 2.56. The summed E-state index contributed by atoms with van der Waals surface area (Å²) >= 11 is 0. The Kier molecular flexibility index (Phi) is 6.32. The number of aromatic nitrogens is 1. The minimum absolute atomic E-state index is 0.0983. The summed E-state index contributed by atoms with van der Waals surface area (Å²) in [6.45, 7) is 2.27. The molecule has 4 aliphatic carbocycles. The maximum atomic E-state index is 13.8. The standard InChI is InChI=1S/C28H35N3O3/c1-28(18-24-9-5-6-11-29-24,26(32)30-12-10-19-7-3-2-4-8-19)31(27(33)34)25-22-14-20-13-21(16-22)17-23(25)15-20/h2-9,11,20-23,25H,10,12-18H2,1H3,(H,30,32)(H,33,34). The van der Waals surface area contributed by atoms with Crippen LogP contribution in [-0.4, -0.2) is 45.1 Å². The Balaban J connectivity index is 1.42. The molecule has 34 heavy (non-hydrogen) atoms. The average Bonchev–Trinajstić information content (AvgIpc) is 2.81. The first kappa shape index (κ1) is 22.9. The second-order valence-electron chi connectivity index (χ2n) is 10.8. The molecule has 6 heteroatoms. The lowest BCUT2D eigenvalue weighted by atomic mass is 9.53. The van der Waals surface area contributed by atoms with Crippen LogP contribution in [0.4, 0.5) is 4.79 Å². The maximum Gasteiger partial charge on any atom is 0.408 e. The molecule has 1 unspecified atom stereocenters. The molecule has 4 aliphatic rings. The Labute approximate surface area is 201 Å². The van der Waals surface area contributed by atoms with Crippen molar-refractivity contribution in [3.05, 3.63) is 66.0 Å². The molecular formula is C28H35N3O3. The van der Waals surface area contributed by atoms with Crippen molar-refractivity contribution in [1.29, 1.82) is 0 Å². The van der Waals surface area contributed by atoms with Crippen molar-refractivity contribution in [2.45, 2.75) is 63.5 Å². The molecule has 0 aliphatic heterocycles. The van der Waals surface area contributed by atoms with E-state index in [2.05, 4.69) is 10.3 Å². The van der Waals surface area contributed by atoms with Crippen LogP contribution in [0.5, 0.6) is 0 Å². The van der Waals surface area contributed by atoms with E-state index in [0.717, 1.165) is 48.8 Å². The summed E-state index contributed by atoms with van der Waals surface area (Å²) < 4.78 is 0. The van der Waals surface area contributed by atoms with Gasteiger partial charge in [0, 0.05) is 30.9 Å². The van der Waals surface area contributed by atoms with E-state index in [1.165, 1.54) is 6.42 Å². The van der Waals surface area contributed by atoms with E-state index >= 15 is 0 Å². The Bertz CT molecular complexity index is 984. The smallest absolute Gasteiger partial charge is 0.408 e. The van der Waals surface area contributed by atoms with Crippen LogP contribution in [0.3, 0.4) is 0 Å². The molecule has 4 saturated carbocycles. The van der Waals surface area contributed by atoms with Gasteiger partial charge in [0.15, 0.2) is 0 Å². The summed E-state index contributed by atoms with van der Waals surface area (Å²) in [7, 11) is 0. The number of carbonyl (C=O) groups excluding carboxylic acids is 1. The number of hydrogen-bond acceptors (Lipinski definition) is 3. The third-order valence-electron chi connectivity index (χ3n) is 8.50. The summed E-state index contributed by atoms with van der Waals surface area (Å²) in [5.41, 5.74) is 0.653. The van der Waals surface area contributed by atoms with Crippen LogP contribution in [0.15, 0.2) is 54.7 Å². The van der Waals surface area contributed by atoms with E-state index < -0.39 is 11.6 Å². The summed E-state index contributed by atoms with van der Waals surface area (Å²) in [4.78, 5) is 32.7. The second-order valence-corrected chi connectivity index (χ2v) is 10.8. The fourth-order valence-electron chi connectivity index (χ4n) is 7.27. The predicted octanol–water partition coefficient (Wildman–Crippen LogP) is 4.55. The Hall–Kier alpha value is -2.89. The van der Waals surface area contributed by atoms with E-state index in [-0.39, 0.29) is 18.4 Å². The third kappa shape index (κ3) is 4.42. The third-order valence-corrected chi connectivity index (χ3v) is 8.50. The summed E-state index contributed by atoms with van der Waals surface area (Å²) in [5.74, 6) is 1.94. The molecule has 180 valence electrons. The summed E-state index contributed by atoms with van der Waals surface area (Å²) in [6, 6.07) is 15.5. The second kappa shape index (κ2) is 9.40. The van der Waals surface area contributed by atoms with Crippen LogP contribution < -0.4 is 5.32 Å². The van der Waals surface area contributed by atoms with Gasteiger partial charge in [0.2, 0.25) is 5.91 Å². The van der Waals surface area contributed by atoms with Crippen LogP contribution in [0.2, 0.25) is 0 Å². The normalized spacial score (nSPS) is 28.8. The molecule has 0 spiro atoms. The zero-order chi connectivity index (χ0) is 23.7. The zero-order valence-electron chi connectivity index (χ0n) is 19.9. The number of carboxylic acid groups (broad SMARTS) is 1. The number of amides is 2. The van der Waals surface area contributed by atoms with Crippen molar-refractivity contribution in [1.82, 2.24) is 15.2 Å². The molecule has 2 amide bonds. The van der Waals surface area contributed by atoms with Crippen molar-refractivity contribution in [2.24, 2.45) is 23.7 Å². The minimum Gasteiger partial charge on any atom is -0.465 e. The van der Waals surface area contributed by atoms with E-state index in [9.17, 15) is 14.7 Å². The van der Waals surface area contributed by atoms with Crippen LogP contribution in [0.1, 0.15) is 50.3 Å². The predicted molar refractivity (Wildman–Crippen MR) is 130 cm³/mol. The van der Waals surface area contributed by atoms with Crippen LogP contribution in [-0.2, 0) is 17.6 Å². The summed E-state index contributed by atoms with van der Waals surface area (Å²) in [6.07, 6.45) is 7.36. The van der Waals surface area contributed by atoms with E-state index in [1.807, 2.05) is 48.5 Å². The van der Waals surface area contributed by atoms with E-state index in [4.69, 9.17) is 0 Å². The van der Waals surface area contributed by atoms with Crippen molar-refractivity contribution in [3.63, 3.8) is 0 Å². The van der Waals surface area contributed by atoms with Crippen LogP contribution >= 0.6 is 0 Å². The van der Waals surface area contributed by atoms with E-state index in [0.29, 0.717) is 24.8 Å². The van der Waals surface area contributed by atoms with Gasteiger partial charge >= 0.3 is 6.09 Å². The van der Waals surface area contributed by atoms with Crippen LogP contribution in [0.25, 0.3) is 0 Å². The maximum absolute atomic E-state index is 13.8. The molecule has 4 fully saturated rings. The number of pyridine rings is 1. The highest BCUT2D eigenvalue weighted by molar-refractivity contribution is 5.89. The highest BCUT2D eigenvalue weighted by atomic mass is 16.4. The van der Waals surface area contributed by atoms with Crippen molar-refractivity contribution in [3.8, 4) is 0 Å². The topological polar surface area (TPSA) is 82.5 Å². The molecule has 1 heterocycles. The Morgan fingerprint density at radius 2 is 1.65 bits per heavy atom. The minimum atomic E-state index is -1.23. The first-order chi connectivity index (χ1) is 16.4. The zero-order valence-corrected chi connectivity index (χ0v) is 19.9. The van der Waals surface area contributed by atoms with Crippen molar-refractivity contribution < 1.29 is 14.7 Å². The molecule has 0 saturated heterocycles. The largest absolute Gasteiger partial charge is 0.465 e. The van der Waals surface area contributed by atoms with Gasteiger partial charge in [-0.3, -0.25) is 14.7 Å². The molecule has 6 nitrogen and oxygen atoms in total. The molecular weight excluding hydrogens is 426 g/mol. The molecule has 1 aromatic carbocycles. The molecule has 0 radical (unpaired) electrons.